The zero-order valence-corrected chi connectivity index (χ0v) is 18.6. The van der Waals surface area contributed by atoms with Crippen LogP contribution in [0.4, 0.5) is 5.69 Å². The third-order valence-electron chi connectivity index (χ3n) is 4.73. The van der Waals surface area contributed by atoms with Crippen molar-refractivity contribution in [1.82, 2.24) is 20.0 Å². The highest BCUT2D eigenvalue weighted by molar-refractivity contribution is 8.01. The first-order chi connectivity index (χ1) is 15.2. The highest BCUT2D eigenvalue weighted by Gasteiger charge is 2.18. The number of rotatable bonds is 8. The van der Waals surface area contributed by atoms with Gasteiger partial charge in [0.2, 0.25) is 0 Å². The minimum atomic E-state index is -0.356. The number of hydrogen-bond acceptors (Lipinski definition) is 7. The molecule has 0 aliphatic rings. The fourth-order valence-corrected chi connectivity index (χ4v) is 4.73. The Hall–Kier alpha value is -3.04. The van der Waals surface area contributed by atoms with Crippen molar-refractivity contribution in [3.63, 3.8) is 0 Å². The second kappa shape index (κ2) is 9.84. The minimum Gasteiger partial charge on any atom is -0.320 e. The van der Waals surface area contributed by atoms with Gasteiger partial charge in [0, 0.05) is 16.8 Å². The van der Waals surface area contributed by atoms with Crippen molar-refractivity contribution in [1.29, 1.82) is 0 Å². The van der Waals surface area contributed by atoms with Crippen molar-refractivity contribution in [3.05, 3.63) is 70.1 Å². The molecule has 158 valence electrons. The van der Waals surface area contributed by atoms with E-state index < -0.39 is 0 Å². The van der Waals surface area contributed by atoms with Crippen LogP contribution in [0.3, 0.4) is 0 Å². The molecule has 2 aromatic heterocycles. The second-order valence-electron chi connectivity index (χ2n) is 6.89. The van der Waals surface area contributed by atoms with E-state index in [0.29, 0.717) is 23.0 Å². The van der Waals surface area contributed by atoms with E-state index in [4.69, 9.17) is 0 Å². The van der Waals surface area contributed by atoms with Crippen LogP contribution in [0.1, 0.15) is 36.7 Å². The lowest BCUT2D eigenvalue weighted by atomic mass is 10.1. The molecule has 0 fully saturated rings. The standard InChI is InChI=1S/C22H21N5O2S2/c1-2-3-8-13-27-21(29)16-10-5-4-9-15(16)19(26-27)20(28)24-17-11-6-7-12-18(17)31-22-25-23-14-30-22/h4-7,9-12,14H,2-3,8,13H2,1H3,(H,24,28). The number of fused-ring (bicyclic) bond motifs is 1. The molecule has 0 unspecified atom stereocenters. The van der Waals surface area contributed by atoms with Crippen LogP contribution in [0.5, 0.6) is 0 Å². The number of anilines is 1. The van der Waals surface area contributed by atoms with Gasteiger partial charge < -0.3 is 5.32 Å². The predicted octanol–water partition coefficient (Wildman–Crippen LogP) is 4.84. The summed E-state index contributed by atoms with van der Waals surface area (Å²) in [6, 6.07) is 14.6. The first kappa shape index (κ1) is 21.2. The van der Waals surface area contributed by atoms with Gasteiger partial charge in [0.1, 0.15) is 5.51 Å². The van der Waals surface area contributed by atoms with Crippen LogP contribution in [0.2, 0.25) is 0 Å². The van der Waals surface area contributed by atoms with Crippen molar-refractivity contribution in [2.75, 3.05) is 5.32 Å². The molecule has 1 amide bonds. The highest BCUT2D eigenvalue weighted by atomic mass is 32.2. The Labute approximate surface area is 187 Å². The number of para-hydroxylation sites is 1. The average molecular weight is 452 g/mol. The van der Waals surface area contributed by atoms with Gasteiger partial charge in [0.15, 0.2) is 10.0 Å². The second-order valence-corrected chi connectivity index (χ2v) is 9.01. The van der Waals surface area contributed by atoms with Crippen LogP contribution in [-0.2, 0) is 6.54 Å². The number of hydrogen-bond donors (Lipinski definition) is 1. The summed E-state index contributed by atoms with van der Waals surface area (Å²) in [7, 11) is 0. The van der Waals surface area contributed by atoms with Gasteiger partial charge in [0.25, 0.3) is 11.5 Å². The van der Waals surface area contributed by atoms with Crippen LogP contribution in [0, 0.1) is 0 Å². The third kappa shape index (κ3) is 4.83. The molecule has 0 radical (unpaired) electrons. The quantitative estimate of drug-likeness (QED) is 0.386. The van der Waals surface area contributed by atoms with Crippen LogP contribution in [0.15, 0.2) is 68.1 Å². The number of carbonyl (C=O) groups excluding carboxylic acids is 1. The lowest BCUT2D eigenvalue weighted by Gasteiger charge is -2.13. The Morgan fingerprint density at radius 1 is 1.10 bits per heavy atom. The van der Waals surface area contributed by atoms with E-state index in [-0.39, 0.29) is 17.2 Å². The Kier molecular flexibility index (Phi) is 6.73. The van der Waals surface area contributed by atoms with E-state index in [1.807, 2.05) is 24.3 Å². The summed E-state index contributed by atoms with van der Waals surface area (Å²) < 4.78 is 2.20. The largest absolute Gasteiger partial charge is 0.320 e. The summed E-state index contributed by atoms with van der Waals surface area (Å²) in [6.45, 7) is 2.59. The summed E-state index contributed by atoms with van der Waals surface area (Å²) >= 11 is 2.87. The van der Waals surface area contributed by atoms with E-state index in [1.54, 1.807) is 29.8 Å². The number of benzene rings is 2. The smallest absolute Gasteiger partial charge is 0.276 e. The molecule has 0 saturated heterocycles. The topological polar surface area (TPSA) is 89.8 Å². The number of aromatic nitrogens is 4. The molecule has 0 bridgehead atoms. The maximum Gasteiger partial charge on any atom is 0.276 e. The van der Waals surface area contributed by atoms with E-state index >= 15 is 0 Å². The van der Waals surface area contributed by atoms with Gasteiger partial charge in [-0.25, -0.2) is 4.68 Å². The normalized spacial score (nSPS) is 11.0. The number of amides is 1. The van der Waals surface area contributed by atoms with Crippen molar-refractivity contribution in [2.24, 2.45) is 0 Å². The SMILES string of the molecule is CCCCCn1nc(C(=O)Nc2ccccc2Sc2nncs2)c2ccccc2c1=O. The zero-order valence-electron chi connectivity index (χ0n) is 16.9. The number of unbranched alkanes of at least 4 members (excludes halogenated alkanes) is 2. The summed E-state index contributed by atoms with van der Waals surface area (Å²) in [5.74, 6) is -0.356. The monoisotopic (exact) mass is 451 g/mol. The Morgan fingerprint density at radius 2 is 1.87 bits per heavy atom. The molecule has 4 rings (SSSR count). The molecular weight excluding hydrogens is 430 g/mol. The molecule has 2 heterocycles. The molecule has 4 aromatic rings. The van der Waals surface area contributed by atoms with Gasteiger partial charge in [-0.2, -0.15) is 5.10 Å². The lowest BCUT2D eigenvalue weighted by molar-refractivity contribution is 0.102. The van der Waals surface area contributed by atoms with Crippen LogP contribution < -0.4 is 10.9 Å². The third-order valence-corrected chi connectivity index (χ3v) is 6.58. The van der Waals surface area contributed by atoms with Crippen LogP contribution in [0.25, 0.3) is 10.8 Å². The summed E-state index contributed by atoms with van der Waals surface area (Å²) in [4.78, 5) is 26.9. The molecule has 1 N–H and O–H groups in total. The fourth-order valence-electron chi connectivity index (χ4n) is 3.21. The minimum absolute atomic E-state index is 0.171. The zero-order chi connectivity index (χ0) is 21.6. The van der Waals surface area contributed by atoms with Gasteiger partial charge in [-0.3, -0.25) is 9.59 Å². The first-order valence-corrected chi connectivity index (χ1v) is 11.7. The van der Waals surface area contributed by atoms with E-state index in [9.17, 15) is 9.59 Å². The summed E-state index contributed by atoms with van der Waals surface area (Å²) in [6.07, 6.45) is 2.88. The molecule has 0 atom stereocenters. The van der Waals surface area contributed by atoms with E-state index in [0.717, 1.165) is 28.5 Å². The van der Waals surface area contributed by atoms with Crippen LogP contribution >= 0.6 is 23.1 Å². The van der Waals surface area contributed by atoms with Gasteiger partial charge in [0.05, 0.1) is 11.1 Å². The van der Waals surface area contributed by atoms with E-state index in [2.05, 4.69) is 27.5 Å². The first-order valence-electron chi connectivity index (χ1n) is 10.0. The summed E-state index contributed by atoms with van der Waals surface area (Å²) in [5.41, 5.74) is 2.39. The van der Waals surface area contributed by atoms with Gasteiger partial charge in [-0.1, -0.05) is 73.2 Å². The number of aryl methyl sites for hydroxylation is 1. The average Bonchev–Trinajstić information content (AvgIpc) is 3.30. The predicted molar refractivity (Wildman–Crippen MR) is 124 cm³/mol. The van der Waals surface area contributed by atoms with Gasteiger partial charge >= 0.3 is 0 Å². The molecule has 31 heavy (non-hydrogen) atoms. The lowest BCUT2D eigenvalue weighted by Crippen LogP contribution is -2.27. The van der Waals surface area contributed by atoms with Gasteiger partial charge in [-0.05, 0) is 24.6 Å². The maximum absolute atomic E-state index is 13.3. The highest BCUT2D eigenvalue weighted by Crippen LogP contribution is 2.34. The maximum atomic E-state index is 13.3. The van der Waals surface area contributed by atoms with Crippen molar-refractivity contribution in [3.8, 4) is 0 Å². The van der Waals surface area contributed by atoms with Crippen molar-refractivity contribution < 1.29 is 4.79 Å². The summed E-state index contributed by atoms with van der Waals surface area (Å²) in [5, 5.41) is 16.4. The number of carbonyl (C=O) groups is 1. The molecule has 0 spiro atoms. The molecule has 0 aliphatic heterocycles. The fraction of sp³-hybridized carbons (Fsp3) is 0.227. The van der Waals surface area contributed by atoms with Crippen LogP contribution in [-0.4, -0.2) is 25.9 Å². The Morgan fingerprint density at radius 3 is 2.65 bits per heavy atom. The Bertz CT molecular complexity index is 1250. The molecule has 2 aromatic carbocycles. The number of nitrogens with zero attached hydrogens (tertiary/aromatic N) is 4. The molecule has 9 heteroatoms. The van der Waals surface area contributed by atoms with E-state index in [1.165, 1.54) is 27.8 Å². The molecule has 0 aliphatic carbocycles. The van der Waals surface area contributed by atoms with Gasteiger partial charge in [-0.15, -0.1) is 10.2 Å². The van der Waals surface area contributed by atoms with Crippen molar-refractivity contribution >= 4 is 45.5 Å². The Balaban J connectivity index is 1.68. The number of nitrogens with one attached hydrogen (secondary N) is 1. The molecule has 0 saturated carbocycles. The van der Waals surface area contributed by atoms with Crippen molar-refractivity contribution in [2.45, 2.75) is 42.0 Å². The molecule has 7 nitrogen and oxygen atoms in total. The molecular formula is C22H21N5O2S2.